The van der Waals surface area contributed by atoms with Gasteiger partial charge in [0.05, 0.1) is 18.6 Å². The molecular weight excluding hydrogens is 268 g/mol. The molecule has 2 rings (SSSR count). The number of nitrogens with zero attached hydrogens (tertiary/aromatic N) is 2. The molecule has 6 nitrogen and oxygen atoms in total. The molecule has 6 heteroatoms. The number of benzene rings is 1. The second-order valence-corrected chi connectivity index (χ2v) is 4.58. The SMILES string of the molecule is CCn1cncc1CNc1ccc(NC(=O)COC)cc1. The van der Waals surface area contributed by atoms with E-state index in [0.717, 1.165) is 23.6 Å². The molecule has 1 aromatic heterocycles. The smallest absolute Gasteiger partial charge is 0.250 e. The monoisotopic (exact) mass is 288 g/mol. The molecule has 2 aromatic rings. The maximum absolute atomic E-state index is 11.4. The minimum atomic E-state index is -0.162. The lowest BCUT2D eigenvalue weighted by molar-refractivity contribution is -0.119. The van der Waals surface area contributed by atoms with Crippen LogP contribution >= 0.6 is 0 Å². The van der Waals surface area contributed by atoms with Gasteiger partial charge >= 0.3 is 0 Å². The Labute approximate surface area is 124 Å². The van der Waals surface area contributed by atoms with Crippen molar-refractivity contribution in [3.05, 3.63) is 42.5 Å². The van der Waals surface area contributed by atoms with Crippen LogP contribution in [-0.4, -0.2) is 29.2 Å². The molecule has 0 bridgehead atoms. The number of anilines is 2. The Hall–Kier alpha value is -2.34. The number of methoxy groups -OCH3 is 1. The van der Waals surface area contributed by atoms with Crippen molar-refractivity contribution >= 4 is 17.3 Å². The van der Waals surface area contributed by atoms with E-state index in [0.29, 0.717) is 6.54 Å². The van der Waals surface area contributed by atoms with Gasteiger partial charge in [-0.15, -0.1) is 0 Å². The van der Waals surface area contributed by atoms with Crippen LogP contribution < -0.4 is 10.6 Å². The number of amides is 1. The number of nitrogens with one attached hydrogen (secondary N) is 2. The number of imidazole rings is 1. The molecule has 0 aliphatic heterocycles. The molecule has 0 aliphatic carbocycles. The van der Waals surface area contributed by atoms with Crippen LogP contribution in [-0.2, 0) is 22.6 Å². The average Bonchev–Trinajstić information content (AvgIpc) is 2.94. The first-order valence-electron chi connectivity index (χ1n) is 6.84. The number of carbonyl (C=O) groups excluding carboxylic acids is 1. The Morgan fingerprint density at radius 1 is 1.29 bits per heavy atom. The maximum Gasteiger partial charge on any atom is 0.250 e. The highest BCUT2D eigenvalue weighted by Crippen LogP contribution is 2.14. The van der Waals surface area contributed by atoms with Crippen molar-refractivity contribution in [3.8, 4) is 0 Å². The quantitative estimate of drug-likeness (QED) is 0.818. The second-order valence-electron chi connectivity index (χ2n) is 4.58. The van der Waals surface area contributed by atoms with Crippen LogP contribution in [0, 0.1) is 0 Å². The van der Waals surface area contributed by atoms with Crippen LogP contribution in [0.5, 0.6) is 0 Å². The fraction of sp³-hybridized carbons (Fsp3) is 0.333. The lowest BCUT2D eigenvalue weighted by atomic mass is 10.2. The summed E-state index contributed by atoms with van der Waals surface area (Å²) in [4.78, 5) is 15.5. The molecule has 112 valence electrons. The zero-order valence-corrected chi connectivity index (χ0v) is 12.3. The highest BCUT2D eigenvalue weighted by atomic mass is 16.5. The highest BCUT2D eigenvalue weighted by molar-refractivity contribution is 5.91. The lowest BCUT2D eigenvalue weighted by Crippen LogP contribution is -2.16. The number of hydrogen-bond donors (Lipinski definition) is 2. The molecule has 1 aromatic carbocycles. The first-order chi connectivity index (χ1) is 10.2. The Kier molecular flexibility index (Phi) is 5.34. The molecule has 0 spiro atoms. The van der Waals surface area contributed by atoms with Crippen molar-refractivity contribution in [3.63, 3.8) is 0 Å². The number of aromatic nitrogens is 2. The first-order valence-corrected chi connectivity index (χ1v) is 6.84. The van der Waals surface area contributed by atoms with E-state index in [2.05, 4.69) is 27.1 Å². The molecule has 0 atom stereocenters. The van der Waals surface area contributed by atoms with Gasteiger partial charge in [0, 0.05) is 31.2 Å². The molecule has 0 unspecified atom stereocenters. The second kappa shape index (κ2) is 7.44. The van der Waals surface area contributed by atoms with Gasteiger partial charge in [-0.2, -0.15) is 0 Å². The van der Waals surface area contributed by atoms with Crippen molar-refractivity contribution in [2.45, 2.75) is 20.0 Å². The van der Waals surface area contributed by atoms with Gasteiger partial charge in [0.1, 0.15) is 6.61 Å². The third-order valence-electron chi connectivity index (χ3n) is 3.06. The summed E-state index contributed by atoms with van der Waals surface area (Å²) in [6.45, 7) is 3.76. The summed E-state index contributed by atoms with van der Waals surface area (Å²) >= 11 is 0. The lowest BCUT2D eigenvalue weighted by Gasteiger charge is -2.09. The van der Waals surface area contributed by atoms with Crippen LogP contribution in [0.15, 0.2) is 36.8 Å². The van der Waals surface area contributed by atoms with Gasteiger partial charge in [0.25, 0.3) is 0 Å². The summed E-state index contributed by atoms with van der Waals surface area (Å²) in [5.74, 6) is -0.162. The van der Waals surface area contributed by atoms with Crippen LogP contribution in [0.2, 0.25) is 0 Å². The van der Waals surface area contributed by atoms with Crippen LogP contribution in [0.25, 0.3) is 0 Å². The van der Waals surface area contributed by atoms with E-state index in [4.69, 9.17) is 4.74 Å². The van der Waals surface area contributed by atoms with Crippen molar-refractivity contribution < 1.29 is 9.53 Å². The summed E-state index contributed by atoms with van der Waals surface area (Å²) in [7, 11) is 1.49. The number of rotatable bonds is 7. The first kappa shape index (κ1) is 15.1. The van der Waals surface area contributed by atoms with Gasteiger partial charge < -0.3 is 19.9 Å². The summed E-state index contributed by atoms with van der Waals surface area (Å²) in [6, 6.07) is 7.56. The molecule has 0 aliphatic rings. The molecule has 0 saturated carbocycles. The fourth-order valence-electron chi connectivity index (χ4n) is 1.97. The van der Waals surface area contributed by atoms with Crippen molar-refractivity contribution in [2.24, 2.45) is 0 Å². The molecule has 2 N–H and O–H groups in total. The summed E-state index contributed by atoms with van der Waals surface area (Å²) in [5.41, 5.74) is 2.87. The largest absolute Gasteiger partial charge is 0.379 e. The van der Waals surface area contributed by atoms with Crippen molar-refractivity contribution in [1.29, 1.82) is 0 Å². The maximum atomic E-state index is 11.4. The van der Waals surface area contributed by atoms with Crippen LogP contribution in [0.4, 0.5) is 11.4 Å². The molecular formula is C15H20N4O2. The molecule has 21 heavy (non-hydrogen) atoms. The fourth-order valence-corrected chi connectivity index (χ4v) is 1.97. The van der Waals surface area contributed by atoms with Gasteiger partial charge in [-0.3, -0.25) is 4.79 Å². The van der Waals surface area contributed by atoms with E-state index >= 15 is 0 Å². The van der Waals surface area contributed by atoms with E-state index in [1.54, 1.807) is 0 Å². The molecule has 0 radical (unpaired) electrons. The normalized spacial score (nSPS) is 10.4. The number of hydrogen-bond acceptors (Lipinski definition) is 4. The molecule has 0 fully saturated rings. The Morgan fingerprint density at radius 2 is 2.00 bits per heavy atom. The van der Waals surface area contributed by atoms with Crippen molar-refractivity contribution in [1.82, 2.24) is 9.55 Å². The van der Waals surface area contributed by atoms with Crippen LogP contribution in [0.3, 0.4) is 0 Å². The standard InChI is InChI=1S/C15H20N4O2/c1-3-19-11-16-8-14(19)9-17-12-4-6-13(7-5-12)18-15(20)10-21-2/h4-8,11,17H,3,9-10H2,1-2H3,(H,18,20). The minimum absolute atomic E-state index is 0.0566. The third-order valence-corrected chi connectivity index (χ3v) is 3.06. The number of ether oxygens (including phenoxy) is 1. The number of aryl methyl sites for hydroxylation is 1. The average molecular weight is 288 g/mol. The van der Waals surface area contributed by atoms with Gasteiger partial charge in [-0.25, -0.2) is 4.98 Å². The van der Waals surface area contributed by atoms with Gasteiger partial charge in [-0.05, 0) is 31.2 Å². The van der Waals surface area contributed by atoms with E-state index in [1.807, 2.05) is 36.8 Å². The van der Waals surface area contributed by atoms with E-state index in [9.17, 15) is 4.79 Å². The summed E-state index contributed by atoms with van der Waals surface area (Å²) in [6.07, 6.45) is 3.68. The van der Waals surface area contributed by atoms with E-state index in [1.165, 1.54) is 7.11 Å². The third kappa shape index (κ3) is 4.32. The molecule has 1 amide bonds. The summed E-state index contributed by atoms with van der Waals surface area (Å²) < 4.78 is 6.86. The van der Waals surface area contributed by atoms with Crippen LogP contribution in [0.1, 0.15) is 12.6 Å². The predicted molar refractivity (Wildman–Crippen MR) is 82.2 cm³/mol. The number of carbonyl (C=O) groups is 1. The Bertz CT molecular complexity index is 578. The Morgan fingerprint density at radius 3 is 2.67 bits per heavy atom. The Balaban J connectivity index is 1.89. The molecule has 1 heterocycles. The molecule has 0 saturated heterocycles. The zero-order valence-electron chi connectivity index (χ0n) is 12.3. The van der Waals surface area contributed by atoms with E-state index < -0.39 is 0 Å². The van der Waals surface area contributed by atoms with Gasteiger partial charge in [0.15, 0.2) is 0 Å². The highest BCUT2D eigenvalue weighted by Gasteiger charge is 2.02. The predicted octanol–water partition coefficient (Wildman–Crippen LogP) is 2.10. The van der Waals surface area contributed by atoms with Gasteiger partial charge in [0.2, 0.25) is 5.91 Å². The van der Waals surface area contributed by atoms with Crippen molar-refractivity contribution in [2.75, 3.05) is 24.4 Å². The zero-order chi connectivity index (χ0) is 15.1. The van der Waals surface area contributed by atoms with Gasteiger partial charge in [-0.1, -0.05) is 0 Å². The van der Waals surface area contributed by atoms with E-state index in [-0.39, 0.29) is 12.5 Å². The minimum Gasteiger partial charge on any atom is -0.379 e. The topological polar surface area (TPSA) is 68.2 Å². The summed E-state index contributed by atoms with van der Waals surface area (Å²) in [5, 5.41) is 6.08.